The number of oxime groups is 1. The quantitative estimate of drug-likeness (QED) is 0.0609. The molecule has 2 heterocycles. The smallest absolute Gasteiger partial charge is 0.418 e. The van der Waals surface area contributed by atoms with Crippen molar-refractivity contribution in [3.63, 3.8) is 0 Å². The van der Waals surface area contributed by atoms with Gasteiger partial charge in [-0.1, -0.05) is 5.16 Å². The highest BCUT2D eigenvalue weighted by molar-refractivity contribution is 7.80. The van der Waals surface area contributed by atoms with Crippen molar-refractivity contribution < 1.29 is 36.4 Å². The topological polar surface area (TPSA) is 233 Å². The fourth-order valence-electron chi connectivity index (χ4n) is 2.83. The third kappa shape index (κ3) is 6.63. The van der Waals surface area contributed by atoms with Gasteiger partial charge in [0.25, 0.3) is 11.8 Å². The van der Waals surface area contributed by atoms with E-state index in [1.807, 2.05) is 0 Å². The first kappa shape index (κ1) is 25.8. The van der Waals surface area contributed by atoms with Crippen LogP contribution in [0.2, 0.25) is 0 Å². The van der Waals surface area contributed by atoms with E-state index in [1.165, 1.54) is 12.3 Å². The maximum atomic E-state index is 12.8. The summed E-state index contributed by atoms with van der Waals surface area (Å²) in [5, 5.41) is 15.6. The first-order valence-corrected chi connectivity index (χ1v) is 12.0. The Balaban J connectivity index is 1.60. The second-order valence-corrected chi connectivity index (χ2v) is 8.88. The summed E-state index contributed by atoms with van der Waals surface area (Å²) in [4.78, 5) is 34.1. The van der Waals surface area contributed by atoms with Crippen molar-refractivity contribution in [1.29, 1.82) is 5.41 Å². The highest BCUT2D eigenvalue weighted by Gasteiger charge is 2.49. The summed E-state index contributed by atoms with van der Waals surface area (Å²) in [5.41, 5.74) is 11.4. The Morgan fingerprint density at radius 1 is 1.34 bits per heavy atom. The number of aromatic nitrogens is 1. The van der Waals surface area contributed by atoms with Crippen LogP contribution in [0.25, 0.3) is 0 Å². The van der Waals surface area contributed by atoms with Gasteiger partial charge in [0.15, 0.2) is 17.5 Å². The van der Waals surface area contributed by atoms with Crippen LogP contribution >= 0.6 is 11.3 Å². The summed E-state index contributed by atoms with van der Waals surface area (Å²) in [5.74, 6) is -1.31. The Kier molecular flexibility index (Phi) is 7.85. The lowest BCUT2D eigenvalue weighted by Gasteiger charge is -2.42. The molecule has 7 N–H and O–H groups in total. The number of nitrogen functional groups attached to an aromatic ring is 2. The standard InChI is InChI=1S/C18H21N7O8S2/c1-9-13(17(27)25(9)33-35(28,29)30)23-16(26)14(12-8-34-18(21)22-12)24-32-7-6-31-11-4-2-10(3-5-11)15(19)20/h2-5,8-9,13H,6-7H2,1H3,(H3,19,20)(H2,21,22)(H,23,26)(H,28,29,30)/b24-14-/t9-,13-/m0/s1. The number of anilines is 1. The van der Waals surface area contributed by atoms with Crippen molar-refractivity contribution in [2.45, 2.75) is 19.0 Å². The van der Waals surface area contributed by atoms with E-state index < -0.39 is 34.3 Å². The van der Waals surface area contributed by atoms with Gasteiger partial charge in [0.1, 0.15) is 29.9 Å². The van der Waals surface area contributed by atoms with Gasteiger partial charge >= 0.3 is 10.4 Å². The molecule has 1 saturated heterocycles. The van der Waals surface area contributed by atoms with Crippen molar-refractivity contribution in [1.82, 2.24) is 15.4 Å². The number of carbonyl (C=O) groups excluding carboxylic acids is 2. The predicted molar refractivity (Wildman–Crippen MR) is 123 cm³/mol. The monoisotopic (exact) mass is 527 g/mol. The summed E-state index contributed by atoms with van der Waals surface area (Å²) >= 11 is 1.05. The van der Waals surface area contributed by atoms with Crippen LogP contribution in [0.3, 0.4) is 0 Å². The zero-order chi connectivity index (χ0) is 25.8. The van der Waals surface area contributed by atoms with E-state index in [9.17, 15) is 18.0 Å². The fraction of sp³-hybridized carbons (Fsp3) is 0.278. The molecule has 3 rings (SSSR count). The maximum absolute atomic E-state index is 12.8. The first-order valence-electron chi connectivity index (χ1n) is 9.76. The largest absolute Gasteiger partial charge is 0.490 e. The molecule has 2 atom stereocenters. The van der Waals surface area contributed by atoms with Crippen LogP contribution in [0.15, 0.2) is 34.8 Å². The molecule has 0 aliphatic carbocycles. The predicted octanol–water partition coefficient (Wildman–Crippen LogP) is -0.741. The molecule has 0 radical (unpaired) electrons. The normalized spacial score (nSPS) is 18.1. The molecule has 1 aromatic heterocycles. The van der Waals surface area contributed by atoms with E-state index in [4.69, 9.17) is 31.0 Å². The number of ether oxygens (including phenoxy) is 1. The molecule has 35 heavy (non-hydrogen) atoms. The third-order valence-electron chi connectivity index (χ3n) is 4.54. The van der Waals surface area contributed by atoms with Gasteiger partial charge in [-0.3, -0.25) is 19.6 Å². The SMILES string of the molecule is C[C@H]1[C@H](NC(=O)/C(=N\OCCOc2ccc(C(=N)N)cc2)c2csc(N)n2)C(=O)N1OS(=O)(=O)O. The minimum atomic E-state index is -4.90. The summed E-state index contributed by atoms with van der Waals surface area (Å²) in [7, 11) is -4.90. The number of nitrogens with one attached hydrogen (secondary N) is 2. The molecule has 1 aliphatic heterocycles. The summed E-state index contributed by atoms with van der Waals surface area (Å²) in [6.07, 6.45) is 0. The van der Waals surface area contributed by atoms with Gasteiger partial charge in [0, 0.05) is 10.9 Å². The van der Waals surface area contributed by atoms with Gasteiger partial charge in [-0.05, 0) is 31.2 Å². The number of hydrogen-bond donors (Lipinski definition) is 5. The number of nitrogens with two attached hydrogens (primary N) is 2. The molecule has 0 bridgehead atoms. The lowest BCUT2D eigenvalue weighted by Crippen LogP contribution is -2.70. The van der Waals surface area contributed by atoms with Crippen LogP contribution in [0.5, 0.6) is 5.75 Å². The molecule has 0 unspecified atom stereocenters. The Morgan fingerprint density at radius 2 is 2.03 bits per heavy atom. The lowest BCUT2D eigenvalue weighted by atomic mass is 10.00. The van der Waals surface area contributed by atoms with Crippen molar-refractivity contribution in [3.05, 3.63) is 40.9 Å². The molecular formula is C18H21N7O8S2. The molecule has 1 aromatic carbocycles. The molecule has 0 spiro atoms. The van der Waals surface area contributed by atoms with E-state index in [0.29, 0.717) is 16.4 Å². The number of thiazole rings is 1. The summed E-state index contributed by atoms with van der Waals surface area (Å²) < 4.78 is 40.0. The number of benzene rings is 1. The van der Waals surface area contributed by atoms with E-state index in [2.05, 4.69) is 19.7 Å². The zero-order valence-electron chi connectivity index (χ0n) is 18.1. The van der Waals surface area contributed by atoms with Crippen LogP contribution in [0, 0.1) is 5.41 Å². The van der Waals surface area contributed by atoms with E-state index >= 15 is 0 Å². The van der Waals surface area contributed by atoms with Crippen LogP contribution in [-0.2, 0) is 29.1 Å². The van der Waals surface area contributed by atoms with Crippen LogP contribution in [0.1, 0.15) is 18.2 Å². The summed E-state index contributed by atoms with van der Waals surface area (Å²) in [6, 6.07) is 4.45. The lowest BCUT2D eigenvalue weighted by molar-refractivity contribution is -0.196. The van der Waals surface area contributed by atoms with Crippen molar-refractivity contribution >= 4 is 50.2 Å². The van der Waals surface area contributed by atoms with Gasteiger partial charge in [0.05, 0.1) is 6.04 Å². The van der Waals surface area contributed by atoms with Gasteiger partial charge < -0.3 is 26.4 Å². The van der Waals surface area contributed by atoms with E-state index in [-0.39, 0.29) is 35.6 Å². The number of amidine groups is 1. The molecule has 1 aliphatic rings. The zero-order valence-corrected chi connectivity index (χ0v) is 19.7. The first-order chi connectivity index (χ1) is 16.5. The van der Waals surface area contributed by atoms with Gasteiger partial charge in [-0.2, -0.15) is 13.5 Å². The molecular weight excluding hydrogens is 506 g/mol. The van der Waals surface area contributed by atoms with Crippen LogP contribution < -0.4 is 21.5 Å². The minimum absolute atomic E-state index is 0.0560. The van der Waals surface area contributed by atoms with Crippen molar-refractivity contribution in [2.24, 2.45) is 10.9 Å². The van der Waals surface area contributed by atoms with E-state index in [0.717, 1.165) is 11.3 Å². The van der Waals surface area contributed by atoms with Gasteiger partial charge in [-0.15, -0.1) is 15.6 Å². The number of hydrogen-bond acceptors (Lipinski definition) is 12. The second-order valence-electron chi connectivity index (χ2n) is 6.99. The number of β-lactam (4-membered cyclic amide) rings is 1. The molecule has 0 saturated carbocycles. The average Bonchev–Trinajstić information content (AvgIpc) is 3.23. The van der Waals surface area contributed by atoms with E-state index in [1.54, 1.807) is 24.3 Å². The molecule has 15 nitrogen and oxygen atoms in total. The minimum Gasteiger partial charge on any atom is -0.490 e. The fourth-order valence-corrected chi connectivity index (χ4v) is 3.79. The number of hydroxylamine groups is 2. The highest BCUT2D eigenvalue weighted by atomic mass is 32.3. The number of rotatable bonds is 11. The highest BCUT2D eigenvalue weighted by Crippen LogP contribution is 2.22. The number of nitrogens with zero attached hydrogens (tertiary/aromatic N) is 3. The molecule has 2 aromatic rings. The van der Waals surface area contributed by atoms with Crippen molar-refractivity contribution in [2.75, 3.05) is 18.9 Å². The second kappa shape index (κ2) is 10.6. The Hall–Kier alpha value is -3.80. The molecule has 188 valence electrons. The maximum Gasteiger partial charge on any atom is 0.418 e. The Bertz CT molecular complexity index is 1250. The average molecular weight is 528 g/mol. The molecule has 2 amide bonds. The molecule has 1 fully saturated rings. The summed E-state index contributed by atoms with van der Waals surface area (Å²) in [6.45, 7) is 1.41. The van der Waals surface area contributed by atoms with Crippen LogP contribution in [-0.4, -0.2) is 71.7 Å². The third-order valence-corrected chi connectivity index (χ3v) is 5.56. The Labute approximate surface area is 203 Å². The molecule has 17 heteroatoms. The Morgan fingerprint density at radius 3 is 2.57 bits per heavy atom. The number of carbonyl (C=O) groups is 2. The number of amides is 2. The van der Waals surface area contributed by atoms with Gasteiger partial charge in [-0.25, -0.2) is 4.98 Å². The van der Waals surface area contributed by atoms with Crippen LogP contribution in [0.4, 0.5) is 5.13 Å². The van der Waals surface area contributed by atoms with Gasteiger partial charge in [0.2, 0.25) is 0 Å². The van der Waals surface area contributed by atoms with Crippen molar-refractivity contribution in [3.8, 4) is 5.75 Å².